The van der Waals surface area contributed by atoms with E-state index < -0.39 is 34.9 Å². The van der Waals surface area contributed by atoms with Crippen molar-refractivity contribution in [3.05, 3.63) is 41.7 Å². The molecule has 3 amide bonds. The van der Waals surface area contributed by atoms with Crippen molar-refractivity contribution in [3.63, 3.8) is 0 Å². The number of benzene rings is 1. The summed E-state index contributed by atoms with van der Waals surface area (Å²) >= 11 is 0. The van der Waals surface area contributed by atoms with E-state index in [1.165, 1.54) is 23.1 Å². The zero-order valence-corrected chi connectivity index (χ0v) is 16.7. The summed E-state index contributed by atoms with van der Waals surface area (Å²) in [6.45, 7) is -0.644. The second kappa shape index (κ2) is 7.72. The number of rotatable bonds is 6. The number of halogens is 2. The maximum absolute atomic E-state index is 12.7. The zero-order valence-electron chi connectivity index (χ0n) is 15.9. The van der Waals surface area contributed by atoms with Crippen molar-refractivity contribution in [1.29, 1.82) is 0 Å². The highest BCUT2D eigenvalue weighted by Gasteiger charge is 2.39. The number of sulfonamides is 1. The van der Waals surface area contributed by atoms with Crippen LogP contribution in [0.3, 0.4) is 0 Å². The Morgan fingerprint density at radius 2 is 2.03 bits per heavy atom. The van der Waals surface area contributed by atoms with Crippen molar-refractivity contribution in [2.75, 3.05) is 4.72 Å². The first kappa shape index (κ1) is 20.9. The molecule has 3 heterocycles. The molecule has 1 fully saturated rings. The van der Waals surface area contributed by atoms with E-state index in [0.29, 0.717) is 11.1 Å². The van der Waals surface area contributed by atoms with E-state index in [9.17, 15) is 31.6 Å². The first-order valence-electron chi connectivity index (χ1n) is 9.25. The van der Waals surface area contributed by atoms with E-state index >= 15 is 0 Å². The largest absolute Gasteiger partial charge is 0.322 e. The molecule has 0 saturated carbocycles. The van der Waals surface area contributed by atoms with Crippen LogP contribution in [0.5, 0.6) is 0 Å². The predicted octanol–water partition coefficient (Wildman–Crippen LogP) is 0.710. The Labute approximate surface area is 175 Å². The number of piperidine rings is 1. The van der Waals surface area contributed by atoms with Crippen LogP contribution in [0.25, 0.3) is 0 Å². The van der Waals surface area contributed by atoms with E-state index in [4.69, 9.17) is 0 Å². The smallest absolute Gasteiger partial charge is 0.265 e. The average Bonchev–Trinajstić information content (AvgIpc) is 3.26. The van der Waals surface area contributed by atoms with Gasteiger partial charge in [0.2, 0.25) is 11.8 Å². The molecule has 13 heteroatoms. The number of imide groups is 1. The fourth-order valence-electron chi connectivity index (χ4n) is 3.58. The Hall–Kier alpha value is -3.35. The number of hydrogen-bond acceptors (Lipinski definition) is 6. The Kier molecular flexibility index (Phi) is 5.21. The van der Waals surface area contributed by atoms with Crippen LogP contribution in [0.4, 0.5) is 14.5 Å². The van der Waals surface area contributed by atoms with Crippen LogP contribution >= 0.6 is 0 Å². The first-order chi connectivity index (χ1) is 14.6. The normalized spacial score (nSPS) is 19.0. The number of anilines is 1. The molecular weight excluding hydrogens is 436 g/mol. The van der Waals surface area contributed by atoms with E-state index in [-0.39, 0.29) is 41.8 Å². The molecule has 1 unspecified atom stereocenters. The third kappa shape index (κ3) is 4.13. The van der Waals surface area contributed by atoms with Gasteiger partial charge in [-0.05, 0) is 30.2 Å². The molecule has 10 nitrogen and oxygen atoms in total. The van der Waals surface area contributed by atoms with Gasteiger partial charge in [-0.1, -0.05) is 0 Å². The van der Waals surface area contributed by atoms with Crippen LogP contribution < -0.4 is 10.0 Å². The quantitative estimate of drug-likeness (QED) is 0.620. The van der Waals surface area contributed by atoms with Gasteiger partial charge in [0.05, 0.1) is 6.20 Å². The van der Waals surface area contributed by atoms with Gasteiger partial charge in [-0.2, -0.15) is 5.10 Å². The molecule has 0 bridgehead atoms. The molecule has 1 atom stereocenters. The highest BCUT2D eigenvalue weighted by atomic mass is 32.2. The van der Waals surface area contributed by atoms with Crippen LogP contribution in [0, 0.1) is 0 Å². The molecule has 164 valence electrons. The monoisotopic (exact) mass is 453 g/mol. The summed E-state index contributed by atoms with van der Waals surface area (Å²) in [7, 11) is -4.09. The maximum atomic E-state index is 12.7. The third-order valence-corrected chi connectivity index (χ3v) is 6.36. The predicted molar refractivity (Wildman–Crippen MR) is 102 cm³/mol. The SMILES string of the molecule is O=C1CCC(N2Cc3cc(NS(=O)(=O)c4cnn(CC(F)F)c4)ccc3C2=O)C(=O)N1. The molecule has 2 aromatic rings. The van der Waals surface area contributed by atoms with Gasteiger partial charge in [0.1, 0.15) is 17.5 Å². The second-order valence-electron chi connectivity index (χ2n) is 7.17. The number of fused-ring (bicyclic) bond motifs is 1. The molecule has 1 saturated heterocycles. The minimum Gasteiger partial charge on any atom is -0.322 e. The number of alkyl halides is 2. The number of carbonyl (C=O) groups is 3. The Morgan fingerprint density at radius 3 is 2.74 bits per heavy atom. The zero-order chi connectivity index (χ0) is 22.3. The van der Waals surface area contributed by atoms with Gasteiger partial charge in [-0.25, -0.2) is 17.2 Å². The lowest BCUT2D eigenvalue weighted by molar-refractivity contribution is -0.136. The highest BCUT2D eigenvalue weighted by molar-refractivity contribution is 7.92. The van der Waals surface area contributed by atoms with Crippen LogP contribution in [-0.2, 0) is 32.7 Å². The topological polar surface area (TPSA) is 130 Å². The van der Waals surface area contributed by atoms with Crippen LogP contribution in [-0.4, -0.2) is 53.3 Å². The fraction of sp³-hybridized carbons (Fsp3) is 0.333. The molecule has 2 N–H and O–H groups in total. The molecule has 31 heavy (non-hydrogen) atoms. The van der Waals surface area contributed by atoms with Gasteiger partial charge in [0.15, 0.2) is 0 Å². The minimum absolute atomic E-state index is 0.0856. The van der Waals surface area contributed by atoms with Crippen LogP contribution in [0.1, 0.15) is 28.8 Å². The standard InChI is InChI=1S/C18H17F2N5O5S/c19-15(20)9-24-8-12(6-21-24)31(29,30)23-11-1-2-13-10(5-11)7-25(18(13)28)14-3-4-16(26)22-17(14)27/h1-2,5-6,8,14-15,23H,3-4,7,9H2,(H,22,26,27). The van der Waals surface area contributed by atoms with Gasteiger partial charge in [0, 0.05) is 30.4 Å². The molecule has 2 aliphatic heterocycles. The van der Waals surface area contributed by atoms with Crippen molar-refractivity contribution in [1.82, 2.24) is 20.0 Å². The molecule has 0 radical (unpaired) electrons. The summed E-state index contributed by atoms with van der Waals surface area (Å²) in [6, 6.07) is 3.53. The number of hydrogen-bond donors (Lipinski definition) is 2. The van der Waals surface area contributed by atoms with E-state index in [1.54, 1.807) is 0 Å². The summed E-state index contributed by atoms with van der Waals surface area (Å²) < 4.78 is 53.1. The number of nitrogens with zero attached hydrogens (tertiary/aromatic N) is 3. The number of nitrogens with one attached hydrogen (secondary N) is 2. The maximum Gasteiger partial charge on any atom is 0.265 e. The fourth-order valence-corrected chi connectivity index (χ4v) is 4.58. The van der Waals surface area contributed by atoms with Gasteiger partial charge in [0.25, 0.3) is 22.4 Å². The number of carbonyl (C=O) groups excluding carboxylic acids is 3. The lowest BCUT2D eigenvalue weighted by atomic mass is 10.0. The van der Waals surface area contributed by atoms with Crippen molar-refractivity contribution in [2.24, 2.45) is 0 Å². The van der Waals surface area contributed by atoms with Crippen molar-refractivity contribution in [2.45, 2.75) is 43.3 Å². The van der Waals surface area contributed by atoms with E-state index in [2.05, 4.69) is 15.1 Å². The molecule has 0 aliphatic carbocycles. The minimum atomic E-state index is -4.09. The Bertz CT molecular complexity index is 1180. The molecule has 4 rings (SSSR count). The van der Waals surface area contributed by atoms with E-state index in [1.807, 2.05) is 0 Å². The van der Waals surface area contributed by atoms with Crippen LogP contribution in [0.2, 0.25) is 0 Å². The number of aromatic nitrogens is 2. The van der Waals surface area contributed by atoms with Gasteiger partial charge in [-0.3, -0.25) is 29.1 Å². The Balaban J connectivity index is 1.51. The molecular formula is C18H17F2N5O5S. The summed E-state index contributed by atoms with van der Waals surface area (Å²) in [4.78, 5) is 37.2. The van der Waals surface area contributed by atoms with Crippen LogP contribution in [0.15, 0.2) is 35.5 Å². The molecule has 1 aromatic heterocycles. The lowest BCUT2D eigenvalue weighted by Gasteiger charge is -2.29. The van der Waals surface area contributed by atoms with Gasteiger partial charge >= 0.3 is 0 Å². The Morgan fingerprint density at radius 1 is 1.26 bits per heavy atom. The van der Waals surface area contributed by atoms with E-state index in [0.717, 1.165) is 17.1 Å². The summed E-state index contributed by atoms with van der Waals surface area (Å²) in [5.74, 6) is -1.31. The second-order valence-corrected chi connectivity index (χ2v) is 8.85. The average molecular weight is 453 g/mol. The number of amides is 3. The molecule has 2 aliphatic rings. The van der Waals surface area contributed by atoms with Gasteiger partial charge in [-0.15, -0.1) is 0 Å². The molecule has 0 spiro atoms. The summed E-state index contributed by atoms with van der Waals surface area (Å²) in [5.41, 5.74) is 1.01. The summed E-state index contributed by atoms with van der Waals surface area (Å²) in [5, 5.41) is 5.82. The molecule has 1 aromatic carbocycles. The van der Waals surface area contributed by atoms with Gasteiger partial charge < -0.3 is 4.90 Å². The van der Waals surface area contributed by atoms with Crippen molar-refractivity contribution < 1.29 is 31.6 Å². The van der Waals surface area contributed by atoms with Crippen molar-refractivity contribution >= 4 is 33.4 Å². The lowest BCUT2D eigenvalue weighted by Crippen LogP contribution is -2.52. The first-order valence-corrected chi connectivity index (χ1v) is 10.7. The summed E-state index contributed by atoms with van der Waals surface area (Å²) in [6.07, 6.45) is -0.375. The van der Waals surface area contributed by atoms with Crippen molar-refractivity contribution in [3.8, 4) is 0 Å². The highest BCUT2D eigenvalue weighted by Crippen LogP contribution is 2.30. The third-order valence-electron chi connectivity index (χ3n) is 5.02.